The molecular weight excluding hydrogens is 391 g/mol. The Morgan fingerprint density at radius 3 is 2.15 bits per heavy atom. The van der Waals surface area contributed by atoms with E-state index in [4.69, 9.17) is 0 Å². The van der Waals surface area contributed by atoms with Gasteiger partial charge in [-0.2, -0.15) is 4.31 Å². The van der Waals surface area contributed by atoms with Crippen molar-refractivity contribution in [1.82, 2.24) is 4.31 Å². The van der Waals surface area contributed by atoms with Crippen molar-refractivity contribution >= 4 is 25.7 Å². The first-order valence-electron chi connectivity index (χ1n) is 8.42. The Kier molecular flexibility index (Phi) is 6.28. The van der Waals surface area contributed by atoms with Gasteiger partial charge in [0.25, 0.3) is 10.0 Å². The zero-order chi connectivity index (χ0) is 20.4. The van der Waals surface area contributed by atoms with Gasteiger partial charge in [-0.1, -0.05) is 19.9 Å². The number of hydrogen-bond acceptors (Lipinski definition) is 4. The Morgan fingerprint density at radius 1 is 0.963 bits per heavy atom. The highest BCUT2D eigenvalue weighted by atomic mass is 32.2. The molecule has 0 amide bonds. The fourth-order valence-corrected chi connectivity index (χ4v) is 5.35. The molecule has 0 saturated heterocycles. The van der Waals surface area contributed by atoms with Crippen LogP contribution < -0.4 is 4.72 Å². The summed E-state index contributed by atoms with van der Waals surface area (Å²) in [6, 6.07) is 7.43. The van der Waals surface area contributed by atoms with Crippen LogP contribution >= 0.6 is 0 Å². The Labute approximate surface area is 160 Å². The smallest absolute Gasteiger partial charge is 0.262 e. The summed E-state index contributed by atoms with van der Waals surface area (Å²) in [5.74, 6) is -0.677. The molecule has 2 aromatic carbocycles. The highest BCUT2D eigenvalue weighted by molar-refractivity contribution is 7.92. The summed E-state index contributed by atoms with van der Waals surface area (Å²) in [5, 5.41) is 0. The molecule has 0 aliphatic carbocycles. The second-order valence-corrected chi connectivity index (χ2v) is 9.69. The Bertz CT molecular complexity index is 1050. The average Bonchev–Trinajstić information content (AvgIpc) is 2.59. The Hall–Kier alpha value is -1.97. The SMILES string of the molecule is CCN(CC)S(=O)(=O)c1cc(C)c(C)c(NS(=O)(=O)c2cccc(F)c2)c1. The molecule has 2 aromatic rings. The Morgan fingerprint density at radius 2 is 1.59 bits per heavy atom. The standard InChI is InChI=1S/C18H23FN2O4S2/c1-5-21(6-2)27(24,25)17-10-13(3)14(4)18(12-17)20-26(22,23)16-9-7-8-15(19)11-16/h7-12,20H,5-6H2,1-4H3. The van der Waals surface area contributed by atoms with Crippen LogP contribution in [-0.4, -0.2) is 34.2 Å². The lowest BCUT2D eigenvalue weighted by Crippen LogP contribution is -2.30. The minimum Gasteiger partial charge on any atom is -0.279 e. The quantitative estimate of drug-likeness (QED) is 0.754. The van der Waals surface area contributed by atoms with Crippen LogP contribution in [0.15, 0.2) is 46.2 Å². The maximum Gasteiger partial charge on any atom is 0.262 e. The molecule has 9 heteroatoms. The molecule has 0 aliphatic rings. The molecule has 0 fully saturated rings. The first-order valence-corrected chi connectivity index (χ1v) is 11.3. The molecule has 0 heterocycles. The van der Waals surface area contributed by atoms with Crippen molar-refractivity contribution < 1.29 is 21.2 Å². The van der Waals surface area contributed by atoms with Crippen LogP contribution in [0.1, 0.15) is 25.0 Å². The molecule has 0 unspecified atom stereocenters. The lowest BCUT2D eigenvalue weighted by molar-refractivity contribution is 0.445. The summed E-state index contributed by atoms with van der Waals surface area (Å²) in [4.78, 5) is -0.234. The van der Waals surface area contributed by atoms with Crippen LogP contribution in [0.25, 0.3) is 0 Å². The van der Waals surface area contributed by atoms with Crippen LogP contribution in [-0.2, 0) is 20.0 Å². The van der Waals surface area contributed by atoms with Gasteiger partial charge in [0.15, 0.2) is 0 Å². The molecule has 0 saturated carbocycles. The summed E-state index contributed by atoms with van der Waals surface area (Å²) in [5.41, 5.74) is 1.36. The zero-order valence-electron chi connectivity index (χ0n) is 15.7. The molecule has 0 spiro atoms. The molecule has 2 rings (SSSR count). The summed E-state index contributed by atoms with van der Waals surface area (Å²) in [6.07, 6.45) is 0. The number of aryl methyl sites for hydroxylation is 1. The minimum absolute atomic E-state index is 0.00578. The third-order valence-corrected chi connectivity index (χ3v) is 7.73. The van der Waals surface area contributed by atoms with Crippen molar-refractivity contribution in [2.45, 2.75) is 37.5 Å². The average molecular weight is 415 g/mol. The van der Waals surface area contributed by atoms with Gasteiger partial charge < -0.3 is 0 Å². The molecule has 0 aliphatic heterocycles. The van der Waals surface area contributed by atoms with Crippen LogP contribution in [0.3, 0.4) is 0 Å². The maximum absolute atomic E-state index is 13.4. The van der Waals surface area contributed by atoms with E-state index in [0.29, 0.717) is 24.2 Å². The van der Waals surface area contributed by atoms with Crippen LogP contribution in [0.2, 0.25) is 0 Å². The molecular formula is C18H23FN2O4S2. The van der Waals surface area contributed by atoms with Gasteiger partial charge in [0.1, 0.15) is 5.82 Å². The molecule has 0 atom stereocenters. The van der Waals surface area contributed by atoms with Gasteiger partial charge in [-0.25, -0.2) is 21.2 Å². The van der Waals surface area contributed by atoms with Crippen molar-refractivity contribution in [3.05, 3.63) is 53.3 Å². The number of hydrogen-bond donors (Lipinski definition) is 1. The van der Waals surface area contributed by atoms with Crippen molar-refractivity contribution in [3.8, 4) is 0 Å². The van der Waals surface area contributed by atoms with E-state index >= 15 is 0 Å². The maximum atomic E-state index is 13.4. The first kappa shape index (κ1) is 21.3. The Balaban J connectivity index is 2.54. The van der Waals surface area contributed by atoms with E-state index in [1.807, 2.05) is 0 Å². The van der Waals surface area contributed by atoms with Gasteiger partial charge in [0, 0.05) is 13.1 Å². The second kappa shape index (κ2) is 7.95. The second-order valence-electron chi connectivity index (χ2n) is 6.06. The van der Waals surface area contributed by atoms with Crippen LogP contribution in [0, 0.1) is 19.7 Å². The van der Waals surface area contributed by atoms with Crippen LogP contribution in [0.5, 0.6) is 0 Å². The number of sulfonamides is 2. The number of rotatable bonds is 7. The highest BCUT2D eigenvalue weighted by Crippen LogP contribution is 2.28. The molecule has 1 N–H and O–H groups in total. The lowest BCUT2D eigenvalue weighted by atomic mass is 10.1. The zero-order valence-corrected chi connectivity index (χ0v) is 17.3. The van der Waals surface area contributed by atoms with Crippen molar-refractivity contribution in [2.24, 2.45) is 0 Å². The third-order valence-electron chi connectivity index (χ3n) is 4.33. The number of halogens is 1. The van der Waals surface area contributed by atoms with Gasteiger partial charge in [-0.3, -0.25) is 4.72 Å². The third kappa shape index (κ3) is 4.48. The van der Waals surface area contributed by atoms with Gasteiger partial charge >= 0.3 is 0 Å². The predicted octanol–water partition coefficient (Wildman–Crippen LogP) is 3.27. The number of anilines is 1. The predicted molar refractivity (Wildman–Crippen MR) is 103 cm³/mol. The number of benzene rings is 2. The molecule has 0 radical (unpaired) electrons. The molecule has 148 valence electrons. The van der Waals surface area contributed by atoms with Gasteiger partial charge in [-0.15, -0.1) is 0 Å². The first-order chi connectivity index (χ1) is 12.5. The van der Waals surface area contributed by atoms with E-state index < -0.39 is 25.9 Å². The van der Waals surface area contributed by atoms with Crippen molar-refractivity contribution in [1.29, 1.82) is 0 Å². The van der Waals surface area contributed by atoms with Gasteiger partial charge in [-0.05, 0) is 55.3 Å². The molecule has 6 nitrogen and oxygen atoms in total. The lowest BCUT2D eigenvalue weighted by Gasteiger charge is -2.20. The van der Waals surface area contributed by atoms with E-state index in [1.165, 1.54) is 28.6 Å². The van der Waals surface area contributed by atoms with E-state index in [9.17, 15) is 21.2 Å². The molecule has 27 heavy (non-hydrogen) atoms. The summed E-state index contributed by atoms with van der Waals surface area (Å²) in [6.45, 7) is 7.46. The van der Waals surface area contributed by atoms with E-state index in [-0.39, 0.29) is 15.5 Å². The summed E-state index contributed by atoms with van der Waals surface area (Å²) in [7, 11) is -7.82. The van der Waals surface area contributed by atoms with Gasteiger partial charge in [0.05, 0.1) is 15.5 Å². The summed E-state index contributed by atoms with van der Waals surface area (Å²) >= 11 is 0. The van der Waals surface area contributed by atoms with E-state index in [0.717, 1.165) is 12.1 Å². The number of nitrogens with one attached hydrogen (secondary N) is 1. The van der Waals surface area contributed by atoms with Gasteiger partial charge in [0.2, 0.25) is 10.0 Å². The minimum atomic E-state index is -4.07. The highest BCUT2D eigenvalue weighted by Gasteiger charge is 2.24. The topological polar surface area (TPSA) is 83.6 Å². The van der Waals surface area contributed by atoms with Crippen LogP contribution in [0.4, 0.5) is 10.1 Å². The van der Waals surface area contributed by atoms with Crippen molar-refractivity contribution in [3.63, 3.8) is 0 Å². The number of nitrogens with zero attached hydrogens (tertiary/aromatic N) is 1. The summed E-state index contributed by atoms with van der Waals surface area (Å²) < 4.78 is 67.8. The fourth-order valence-electron chi connectivity index (χ4n) is 2.63. The fraction of sp³-hybridized carbons (Fsp3) is 0.333. The molecule has 0 bridgehead atoms. The van der Waals surface area contributed by atoms with E-state index in [1.54, 1.807) is 27.7 Å². The van der Waals surface area contributed by atoms with E-state index in [2.05, 4.69) is 4.72 Å². The monoisotopic (exact) mass is 414 g/mol. The largest absolute Gasteiger partial charge is 0.279 e. The molecule has 0 aromatic heterocycles. The normalized spacial score (nSPS) is 12.4. The van der Waals surface area contributed by atoms with Crippen molar-refractivity contribution in [2.75, 3.05) is 17.8 Å².